The normalized spacial score (nSPS) is 14.3. The molecule has 29 heavy (non-hydrogen) atoms. The summed E-state index contributed by atoms with van der Waals surface area (Å²) < 4.78 is 32.4. The van der Waals surface area contributed by atoms with E-state index < -0.39 is 0 Å². The number of para-hydroxylation sites is 1. The molecule has 2 heterocycles. The zero-order valence-corrected chi connectivity index (χ0v) is 15.7. The van der Waals surface area contributed by atoms with Crippen LogP contribution in [0.1, 0.15) is 12.3 Å². The van der Waals surface area contributed by atoms with Crippen molar-refractivity contribution in [1.82, 2.24) is 15.0 Å². The third-order valence-electron chi connectivity index (χ3n) is 4.93. The second-order valence-corrected chi connectivity index (χ2v) is 6.84. The van der Waals surface area contributed by atoms with Crippen molar-refractivity contribution >= 4 is 11.6 Å². The van der Waals surface area contributed by atoms with E-state index in [0.717, 1.165) is 0 Å². The van der Waals surface area contributed by atoms with E-state index >= 15 is 0 Å². The molecule has 0 radical (unpaired) electrons. The minimum atomic E-state index is -0.376. The van der Waals surface area contributed by atoms with Gasteiger partial charge in [-0.2, -0.15) is 4.98 Å². The van der Waals surface area contributed by atoms with Crippen LogP contribution in [0.3, 0.4) is 0 Å². The number of hydrogen-bond acceptors (Lipinski definition) is 5. The number of halogens is 2. The fraction of sp³-hybridized carbons (Fsp3) is 0.286. The van der Waals surface area contributed by atoms with E-state index in [1.807, 2.05) is 4.90 Å². The fourth-order valence-electron chi connectivity index (χ4n) is 3.38. The van der Waals surface area contributed by atoms with Gasteiger partial charge in [-0.05, 0) is 24.3 Å². The monoisotopic (exact) mass is 398 g/mol. The van der Waals surface area contributed by atoms with Gasteiger partial charge in [0.25, 0.3) is 0 Å². The number of rotatable bonds is 5. The molecule has 1 aromatic heterocycles. The molecule has 1 saturated heterocycles. The maximum Gasteiger partial charge on any atom is 0.227 e. The summed E-state index contributed by atoms with van der Waals surface area (Å²) in [6.45, 7) is 2.23. The van der Waals surface area contributed by atoms with Crippen molar-refractivity contribution in [3.05, 3.63) is 66.1 Å². The van der Waals surface area contributed by atoms with Gasteiger partial charge in [0.05, 0.1) is 5.69 Å². The lowest BCUT2D eigenvalue weighted by Gasteiger charge is -2.36. The molecule has 150 valence electrons. The Bertz CT molecular complexity index is 1000. The lowest BCUT2D eigenvalue weighted by Crippen LogP contribution is -2.49. The molecule has 4 rings (SSSR count). The highest BCUT2D eigenvalue weighted by Crippen LogP contribution is 2.21. The minimum Gasteiger partial charge on any atom is -0.366 e. The molecule has 0 aliphatic carbocycles. The molecule has 6 nitrogen and oxygen atoms in total. The van der Waals surface area contributed by atoms with Gasteiger partial charge in [-0.1, -0.05) is 29.4 Å². The lowest BCUT2D eigenvalue weighted by atomic mass is 10.2. The topological polar surface area (TPSA) is 62.5 Å². The second kappa shape index (κ2) is 8.38. The summed E-state index contributed by atoms with van der Waals surface area (Å²) in [7, 11) is 0. The van der Waals surface area contributed by atoms with Crippen LogP contribution in [0.4, 0.5) is 14.5 Å². The van der Waals surface area contributed by atoms with Crippen LogP contribution in [0, 0.1) is 11.6 Å². The average Bonchev–Trinajstić information content (AvgIpc) is 3.22. The first-order chi connectivity index (χ1) is 14.1. The third-order valence-corrected chi connectivity index (χ3v) is 4.93. The number of benzene rings is 2. The number of hydrogen-bond donors (Lipinski definition) is 0. The number of nitrogens with zero attached hydrogens (tertiary/aromatic N) is 4. The molecule has 1 aliphatic heterocycles. The van der Waals surface area contributed by atoms with Gasteiger partial charge in [0.2, 0.25) is 17.6 Å². The molecule has 0 spiro atoms. The largest absolute Gasteiger partial charge is 0.366 e. The summed E-state index contributed by atoms with van der Waals surface area (Å²) >= 11 is 0. The first-order valence-electron chi connectivity index (χ1n) is 9.46. The maximum atomic E-state index is 13.9. The number of aryl methyl sites for hydroxylation is 1. The number of anilines is 1. The van der Waals surface area contributed by atoms with Crippen LogP contribution < -0.4 is 4.90 Å². The Morgan fingerprint density at radius 1 is 1.03 bits per heavy atom. The molecule has 2 aromatic carbocycles. The molecule has 3 aromatic rings. The van der Waals surface area contributed by atoms with E-state index in [0.29, 0.717) is 55.6 Å². The van der Waals surface area contributed by atoms with Crippen molar-refractivity contribution in [2.45, 2.75) is 12.8 Å². The summed E-state index contributed by atoms with van der Waals surface area (Å²) in [5.41, 5.74) is 1.09. The van der Waals surface area contributed by atoms with E-state index in [9.17, 15) is 13.6 Å². The molecule has 0 bridgehead atoms. The minimum absolute atomic E-state index is 0.0105. The van der Waals surface area contributed by atoms with Gasteiger partial charge in [0.15, 0.2) is 0 Å². The Labute approximate surface area is 166 Å². The van der Waals surface area contributed by atoms with Gasteiger partial charge in [0, 0.05) is 44.6 Å². The van der Waals surface area contributed by atoms with Crippen molar-refractivity contribution in [2.24, 2.45) is 0 Å². The van der Waals surface area contributed by atoms with E-state index in [1.54, 1.807) is 35.2 Å². The van der Waals surface area contributed by atoms with E-state index in [4.69, 9.17) is 4.52 Å². The van der Waals surface area contributed by atoms with Crippen molar-refractivity contribution in [2.75, 3.05) is 31.1 Å². The molecule has 0 atom stereocenters. The van der Waals surface area contributed by atoms with Crippen molar-refractivity contribution in [3.8, 4) is 11.4 Å². The van der Waals surface area contributed by atoms with Gasteiger partial charge < -0.3 is 14.3 Å². The number of piperazine rings is 1. The predicted octanol–water partition coefficient (Wildman–Crippen LogP) is 3.30. The zero-order chi connectivity index (χ0) is 20.2. The van der Waals surface area contributed by atoms with E-state index in [2.05, 4.69) is 10.1 Å². The van der Waals surface area contributed by atoms with E-state index in [1.165, 1.54) is 18.2 Å². The zero-order valence-electron chi connectivity index (χ0n) is 15.7. The standard InChI is InChI=1S/C21H20F2N4O2/c22-16-5-3-4-15(14-16)21-24-19(29-25-21)8-9-20(28)27-12-10-26(11-13-27)18-7-2-1-6-17(18)23/h1-7,14H,8-13H2. The molecule has 0 N–H and O–H groups in total. The van der Waals surface area contributed by atoms with Crippen molar-refractivity contribution in [3.63, 3.8) is 0 Å². The van der Waals surface area contributed by atoms with Crippen LogP contribution in [0.5, 0.6) is 0 Å². The Morgan fingerprint density at radius 2 is 1.83 bits per heavy atom. The summed E-state index contributed by atoms with van der Waals surface area (Å²) in [6.07, 6.45) is 0.555. The first-order valence-corrected chi connectivity index (χ1v) is 9.46. The molecule has 1 fully saturated rings. The van der Waals surface area contributed by atoms with Crippen LogP contribution in [-0.2, 0) is 11.2 Å². The van der Waals surface area contributed by atoms with Crippen LogP contribution >= 0.6 is 0 Å². The number of carbonyl (C=O) groups excluding carboxylic acids is 1. The highest BCUT2D eigenvalue weighted by molar-refractivity contribution is 5.76. The molecule has 0 unspecified atom stereocenters. The second-order valence-electron chi connectivity index (χ2n) is 6.84. The molecular formula is C21H20F2N4O2. The number of aromatic nitrogens is 2. The molecule has 8 heteroatoms. The van der Waals surface area contributed by atoms with Gasteiger partial charge in [0.1, 0.15) is 11.6 Å². The Balaban J connectivity index is 1.29. The number of carbonyl (C=O) groups is 1. The number of amides is 1. The third kappa shape index (κ3) is 4.42. The summed E-state index contributed by atoms with van der Waals surface area (Å²) in [6, 6.07) is 12.6. The fourth-order valence-corrected chi connectivity index (χ4v) is 3.38. The Kier molecular flexibility index (Phi) is 5.50. The van der Waals surface area contributed by atoms with Crippen molar-refractivity contribution < 1.29 is 18.1 Å². The van der Waals surface area contributed by atoms with Crippen LogP contribution in [0.15, 0.2) is 53.1 Å². The predicted molar refractivity (Wildman–Crippen MR) is 103 cm³/mol. The van der Waals surface area contributed by atoms with Crippen molar-refractivity contribution in [1.29, 1.82) is 0 Å². The smallest absolute Gasteiger partial charge is 0.227 e. The molecule has 1 aliphatic rings. The van der Waals surface area contributed by atoms with Gasteiger partial charge in [-0.25, -0.2) is 8.78 Å². The summed E-state index contributed by atoms with van der Waals surface area (Å²) in [5.74, 6) is -0.00642. The first kappa shape index (κ1) is 19.0. The van der Waals surface area contributed by atoms with Gasteiger partial charge in [-0.3, -0.25) is 4.79 Å². The Morgan fingerprint density at radius 3 is 2.59 bits per heavy atom. The van der Waals surface area contributed by atoms with E-state index in [-0.39, 0.29) is 24.0 Å². The molecular weight excluding hydrogens is 378 g/mol. The quantitative estimate of drug-likeness (QED) is 0.660. The average molecular weight is 398 g/mol. The molecule has 1 amide bonds. The summed E-state index contributed by atoms with van der Waals surface area (Å²) in [4.78, 5) is 20.4. The lowest BCUT2D eigenvalue weighted by molar-refractivity contribution is -0.131. The van der Waals surface area contributed by atoms with Crippen LogP contribution in [0.25, 0.3) is 11.4 Å². The summed E-state index contributed by atoms with van der Waals surface area (Å²) in [5, 5.41) is 3.85. The highest BCUT2D eigenvalue weighted by atomic mass is 19.1. The van der Waals surface area contributed by atoms with Crippen LogP contribution in [-0.4, -0.2) is 47.1 Å². The highest BCUT2D eigenvalue weighted by Gasteiger charge is 2.23. The van der Waals surface area contributed by atoms with Crippen LogP contribution in [0.2, 0.25) is 0 Å². The molecule has 0 saturated carbocycles. The van der Waals surface area contributed by atoms with Gasteiger partial charge >= 0.3 is 0 Å². The maximum absolute atomic E-state index is 13.9. The Hall–Kier alpha value is -3.29. The SMILES string of the molecule is O=C(CCc1nc(-c2cccc(F)c2)no1)N1CCN(c2ccccc2F)CC1. The van der Waals surface area contributed by atoms with Gasteiger partial charge in [-0.15, -0.1) is 0 Å².